The van der Waals surface area contributed by atoms with Crippen molar-refractivity contribution >= 4 is 7.60 Å². The molecule has 0 aromatic rings. The number of ether oxygens (including phenoxy) is 4. The lowest BCUT2D eigenvalue weighted by molar-refractivity contribution is -0.227. The predicted molar refractivity (Wildman–Crippen MR) is 79.8 cm³/mol. The molecule has 0 N–H and O–H groups in total. The van der Waals surface area contributed by atoms with E-state index >= 15 is 0 Å². The third-order valence-corrected chi connectivity index (χ3v) is 5.79. The minimum atomic E-state index is -3.09. The molecule has 0 unspecified atom stereocenters. The molecule has 130 valence electrons. The maximum Gasteiger partial charge on any atom is 0.330 e. The second kappa shape index (κ2) is 7.26. The van der Waals surface area contributed by atoms with Crippen LogP contribution in [0.3, 0.4) is 0 Å². The Bertz CT molecular complexity index is 404. The zero-order valence-electron chi connectivity index (χ0n) is 13.9. The topological polar surface area (TPSA) is 72.5 Å². The molecule has 0 aliphatic carbocycles. The first-order chi connectivity index (χ1) is 10.3. The summed E-state index contributed by atoms with van der Waals surface area (Å²) in [6.45, 7) is 8.02. The molecule has 4 atom stereocenters. The van der Waals surface area contributed by atoms with E-state index in [1.54, 1.807) is 21.0 Å². The smallest absolute Gasteiger partial charge is 0.330 e. The van der Waals surface area contributed by atoms with Crippen molar-refractivity contribution in [1.82, 2.24) is 0 Å². The predicted octanol–water partition coefficient (Wildman–Crippen LogP) is 2.53. The van der Waals surface area contributed by atoms with Gasteiger partial charge in [-0.25, -0.2) is 0 Å². The van der Waals surface area contributed by atoms with Crippen molar-refractivity contribution in [3.63, 3.8) is 0 Å². The first kappa shape index (κ1) is 18.3. The molecule has 2 aliphatic rings. The standard InChI is InChI=1S/C14H27O7P/c1-6-17-22(15,18-7-2)9-8-10-11-12(13(16-5)19-10)21-14(3,4)20-11/h10-13H,6-9H2,1-5H3/t10-,11-,12-,13-/m1/s1. The molecule has 0 saturated carbocycles. The molecule has 2 saturated heterocycles. The molecular formula is C14H27O7P. The van der Waals surface area contributed by atoms with Gasteiger partial charge in [-0.1, -0.05) is 0 Å². The highest BCUT2D eigenvalue weighted by molar-refractivity contribution is 7.53. The van der Waals surface area contributed by atoms with Crippen molar-refractivity contribution in [2.24, 2.45) is 0 Å². The van der Waals surface area contributed by atoms with Crippen molar-refractivity contribution in [2.75, 3.05) is 26.5 Å². The summed E-state index contributed by atoms with van der Waals surface area (Å²) in [6, 6.07) is 0. The van der Waals surface area contributed by atoms with E-state index in [0.717, 1.165) is 0 Å². The van der Waals surface area contributed by atoms with E-state index in [4.69, 9.17) is 28.0 Å². The van der Waals surface area contributed by atoms with Crippen LogP contribution in [0.15, 0.2) is 0 Å². The zero-order chi connectivity index (χ0) is 16.4. The minimum Gasteiger partial charge on any atom is -0.353 e. The zero-order valence-corrected chi connectivity index (χ0v) is 14.8. The molecule has 0 aromatic heterocycles. The Labute approximate surface area is 132 Å². The molecule has 0 spiro atoms. The second-order valence-electron chi connectivity index (χ2n) is 5.80. The minimum absolute atomic E-state index is 0.239. The first-order valence-corrected chi connectivity index (χ1v) is 9.49. The van der Waals surface area contributed by atoms with Gasteiger partial charge < -0.3 is 28.0 Å². The average Bonchev–Trinajstić information content (AvgIpc) is 2.90. The van der Waals surface area contributed by atoms with Crippen molar-refractivity contribution in [1.29, 1.82) is 0 Å². The Balaban J connectivity index is 1.99. The first-order valence-electron chi connectivity index (χ1n) is 7.76. The Morgan fingerprint density at radius 1 is 1.09 bits per heavy atom. The largest absolute Gasteiger partial charge is 0.353 e. The molecule has 2 aliphatic heterocycles. The molecule has 8 heteroatoms. The van der Waals surface area contributed by atoms with Crippen molar-refractivity contribution < 1.29 is 32.6 Å². The van der Waals surface area contributed by atoms with E-state index in [2.05, 4.69) is 0 Å². The molecule has 2 heterocycles. The highest BCUT2D eigenvalue weighted by atomic mass is 31.2. The maximum absolute atomic E-state index is 12.5. The van der Waals surface area contributed by atoms with Gasteiger partial charge in [-0.15, -0.1) is 0 Å². The summed E-state index contributed by atoms with van der Waals surface area (Å²) >= 11 is 0. The summed E-state index contributed by atoms with van der Waals surface area (Å²) in [5.41, 5.74) is 0. The van der Waals surface area contributed by atoms with Gasteiger partial charge in [0.25, 0.3) is 0 Å². The summed E-state index contributed by atoms with van der Waals surface area (Å²) in [5, 5.41) is 0. The normalized spacial score (nSPS) is 34.0. The van der Waals surface area contributed by atoms with Crippen LogP contribution < -0.4 is 0 Å². The van der Waals surface area contributed by atoms with Crippen LogP contribution >= 0.6 is 7.60 Å². The monoisotopic (exact) mass is 338 g/mol. The van der Waals surface area contributed by atoms with Crippen LogP contribution in [0.1, 0.15) is 34.1 Å². The van der Waals surface area contributed by atoms with Crippen LogP contribution in [0.5, 0.6) is 0 Å². The molecule has 7 nitrogen and oxygen atoms in total. The van der Waals surface area contributed by atoms with Gasteiger partial charge in [0.1, 0.15) is 12.2 Å². The Kier molecular flexibility index (Phi) is 6.05. The molecule has 0 amide bonds. The van der Waals surface area contributed by atoms with E-state index in [0.29, 0.717) is 19.6 Å². The molecule has 0 radical (unpaired) electrons. The lowest BCUT2D eigenvalue weighted by Crippen LogP contribution is -2.30. The quantitative estimate of drug-likeness (QED) is 0.630. The van der Waals surface area contributed by atoms with E-state index in [-0.39, 0.29) is 24.5 Å². The van der Waals surface area contributed by atoms with Gasteiger partial charge in [-0.3, -0.25) is 4.57 Å². The molecule has 0 aromatic carbocycles. The average molecular weight is 338 g/mol. The van der Waals surface area contributed by atoms with Gasteiger partial charge in [0.15, 0.2) is 12.1 Å². The lowest BCUT2D eigenvalue weighted by atomic mass is 10.1. The molecule has 2 rings (SSSR count). The van der Waals surface area contributed by atoms with Gasteiger partial charge in [-0.2, -0.15) is 0 Å². The van der Waals surface area contributed by atoms with E-state index in [9.17, 15) is 4.57 Å². The highest BCUT2D eigenvalue weighted by Crippen LogP contribution is 2.50. The van der Waals surface area contributed by atoms with Crippen LogP contribution in [0.25, 0.3) is 0 Å². The Morgan fingerprint density at radius 2 is 1.68 bits per heavy atom. The van der Waals surface area contributed by atoms with E-state index in [1.165, 1.54) is 0 Å². The second-order valence-corrected chi connectivity index (χ2v) is 7.99. The maximum atomic E-state index is 12.5. The SMILES string of the molecule is CCOP(=O)(CC[C@H]1O[C@@H](OC)[C@@H]2OC(C)(C)O[C@@H]21)OCC. The molecule has 0 bridgehead atoms. The summed E-state index contributed by atoms with van der Waals surface area (Å²) in [6.07, 6.45) is -0.470. The van der Waals surface area contributed by atoms with Gasteiger partial charge in [-0.05, 0) is 34.1 Å². The Morgan fingerprint density at radius 3 is 2.23 bits per heavy atom. The number of rotatable bonds is 8. The number of fused-ring (bicyclic) bond motifs is 1. The van der Waals surface area contributed by atoms with Gasteiger partial charge in [0.2, 0.25) is 0 Å². The molecule has 22 heavy (non-hydrogen) atoms. The number of methoxy groups -OCH3 is 1. The summed E-state index contributed by atoms with van der Waals surface area (Å²) in [7, 11) is -1.51. The van der Waals surface area contributed by atoms with Gasteiger partial charge >= 0.3 is 7.60 Å². The summed E-state index contributed by atoms with van der Waals surface area (Å²) < 4.78 is 46.0. The lowest BCUT2D eigenvalue weighted by Gasteiger charge is -2.24. The molecule has 2 fully saturated rings. The van der Waals surface area contributed by atoms with Gasteiger partial charge in [0.05, 0.1) is 25.5 Å². The van der Waals surface area contributed by atoms with E-state index in [1.807, 2.05) is 13.8 Å². The van der Waals surface area contributed by atoms with Gasteiger partial charge in [0, 0.05) is 7.11 Å². The fourth-order valence-corrected chi connectivity index (χ4v) is 4.60. The van der Waals surface area contributed by atoms with Crippen molar-refractivity contribution in [2.45, 2.75) is 64.5 Å². The fraction of sp³-hybridized carbons (Fsp3) is 1.00. The number of hydrogen-bond acceptors (Lipinski definition) is 7. The molecular weight excluding hydrogens is 311 g/mol. The van der Waals surface area contributed by atoms with Crippen LogP contribution in [0.2, 0.25) is 0 Å². The van der Waals surface area contributed by atoms with Crippen molar-refractivity contribution in [3.05, 3.63) is 0 Å². The van der Waals surface area contributed by atoms with Crippen molar-refractivity contribution in [3.8, 4) is 0 Å². The third-order valence-electron chi connectivity index (χ3n) is 3.68. The van der Waals surface area contributed by atoms with Crippen LogP contribution in [0.4, 0.5) is 0 Å². The van der Waals surface area contributed by atoms with Crippen LogP contribution in [0, 0.1) is 0 Å². The van der Waals surface area contributed by atoms with E-state index < -0.39 is 19.7 Å². The van der Waals surface area contributed by atoms with Crippen LogP contribution in [-0.4, -0.2) is 56.9 Å². The summed E-state index contributed by atoms with van der Waals surface area (Å²) in [5.74, 6) is -0.669. The summed E-state index contributed by atoms with van der Waals surface area (Å²) in [4.78, 5) is 0. The highest BCUT2D eigenvalue weighted by Gasteiger charge is 2.55. The Hall–Kier alpha value is -0.0100. The van der Waals surface area contributed by atoms with Crippen LogP contribution in [-0.2, 0) is 32.6 Å². The number of hydrogen-bond donors (Lipinski definition) is 0. The fourth-order valence-electron chi connectivity index (χ4n) is 2.91. The third kappa shape index (κ3) is 4.09.